The molecule has 2 amide bonds. The number of urea groups is 1. The van der Waals surface area contributed by atoms with Crippen LogP contribution >= 0.6 is 0 Å². The van der Waals surface area contributed by atoms with E-state index in [9.17, 15) is 13.2 Å². The molecule has 0 radical (unpaired) electrons. The Hall–Kier alpha value is -3.71. The molecule has 10 rings (SSSR count). The number of nitrogens with zero attached hydrogens (tertiary/aromatic N) is 7. The monoisotopic (exact) mass is 658 g/mol. The SMILES string of the molecule is Cc1noc([C@]23CC4CC(C2)[C@H](NC(=O)N2CCN(c5ccc(N6CCN(S(=O)(=O)C7CC7)CC6)cn5)c5ccccc52)C(C4)C3)n1. The van der Waals surface area contributed by atoms with Crippen LogP contribution in [0.4, 0.5) is 27.7 Å². The smallest absolute Gasteiger partial charge is 0.322 e. The number of amides is 2. The Morgan fingerprint density at radius 1 is 0.936 bits per heavy atom. The molecule has 1 aromatic carbocycles. The molecule has 4 heterocycles. The molecular formula is C34H42N8O4S. The molecule has 1 saturated heterocycles. The van der Waals surface area contributed by atoms with E-state index in [-0.39, 0.29) is 22.7 Å². The van der Waals surface area contributed by atoms with Crippen molar-refractivity contribution in [2.24, 2.45) is 17.8 Å². The van der Waals surface area contributed by atoms with E-state index < -0.39 is 10.0 Å². The zero-order valence-electron chi connectivity index (χ0n) is 26.8. The number of hydrogen-bond acceptors (Lipinski definition) is 9. The summed E-state index contributed by atoms with van der Waals surface area (Å²) >= 11 is 0. The molecule has 2 unspecified atom stereocenters. The van der Waals surface area contributed by atoms with E-state index in [1.54, 1.807) is 4.31 Å². The molecule has 13 heteroatoms. The minimum absolute atomic E-state index is 0.0246. The Morgan fingerprint density at radius 2 is 1.68 bits per heavy atom. The van der Waals surface area contributed by atoms with Gasteiger partial charge in [0, 0.05) is 45.3 Å². The van der Waals surface area contributed by atoms with Gasteiger partial charge in [-0.05, 0) is 93.9 Å². The van der Waals surface area contributed by atoms with Crippen molar-refractivity contribution < 1.29 is 17.7 Å². The topological polar surface area (TPSA) is 128 Å². The lowest BCUT2D eigenvalue weighted by molar-refractivity contribution is -0.0432. The number of para-hydroxylation sites is 2. The summed E-state index contributed by atoms with van der Waals surface area (Å²) in [6.45, 7) is 5.41. The van der Waals surface area contributed by atoms with Crippen molar-refractivity contribution in [3.8, 4) is 0 Å². The van der Waals surface area contributed by atoms with Gasteiger partial charge in [0.2, 0.25) is 15.9 Å². The van der Waals surface area contributed by atoms with Gasteiger partial charge >= 0.3 is 6.03 Å². The van der Waals surface area contributed by atoms with Crippen molar-refractivity contribution in [3.63, 3.8) is 0 Å². The fraction of sp³-hybridized carbons (Fsp3) is 0.588. The second-order valence-electron chi connectivity index (χ2n) is 14.7. The molecule has 3 aromatic rings. The minimum Gasteiger partial charge on any atom is -0.368 e. The van der Waals surface area contributed by atoms with Crippen molar-refractivity contribution in [3.05, 3.63) is 54.3 Å². The first-order chi connectivity index (χ1) is 22.8. The molecule has 5 saturated carbocycles. The van der Waals surface area contributed by atoms with Crippen LogP contribution < -0.4 is 20.0 Å². The minimum atomic E-state index is -3.14. The lowest BCUT2D eigenvalue weighted by atomic mass is 9.48. The number of rotatable bonds is 6. The summed E-state index contributed by atoms with van der Waals surface area (Å²) in [5.41, 5.74) is 2.81. The molecule has 7 aliphatic rings. The van der Waals surface area contributed by atoms with Crippen LogP contribution in [0, 0.1) is 24.7 Å². The highest BCUT2D eigenvalue weighted by molar-refractivity contribution is 7.90. The molecule has 2 aliphatic heterocycles. The first-order valence-electron chi connectivity index (χ1n) is 17.2. The molecule has 2 atom stereocenters. The largest absolute Gasteiger partial charge is 0.368 e. The van der Waals surface area contributed by atoms with E-state index >= 15 is 0 Å². The van der Waals surface area contributed by atoms with Gasteiger partial charge in [0.1, 0.15) is 5.82 Å². The summed E-state index contributed by atoms with van der Waals surface area (Å²) in [6, 6.07) is 12.3. The number of carbonyl (C=O) groups excluding carboxylic acids is 1. The zero-order chi connectivity index (χ0) is 31.9. The maximum Gasteiger partial charge on any atom is 0.322 e. The number of pyridine rings is 1. The quantitative estimate of drug-likeness (QED) is 0.415. The summed E-state index contributed by atoms with van der Waals surface area (Å²) in [5.74, 6) is 3.82. The van der Waals surface area contributed by atoms with Crippen molar-refractivity contribution in [2.45, 2.75) is 68.6 Å². The third-order valence-electron chi connectivity index (χ3n) is 11.7. The van der Waals surface area contributed by atoms with Gasteiger partial charge in [-0.2, -0.15) is 9.29 Å². The van der Waals surface area contributed by atoms with Crippen LogP contribution in [0.3, 0.4) is 0 Å². The zero-order valence-corrected chi connectivity index (χ0v) is 27.6. The number of aromatic nitrogens is 3. The van der Waals surface area contributed by atoms with Crippen LogP contribution in [-0.4, -0.2) is 84.4 Å². The van der Waals surface area contributed by atoms with Crippen LogP contribution in [-0.2, 0) is 15.4 Å². The van der Waals surface area contributed by atoms with Gasteiger partial charge in [0.05, 0.1) is 33.9 Å². The number of nitrogens with one attached hydrogen (secondary N) is 1. The van der Waals surface area contributed by atoms with Gasteiger partial charge in [-0.1, -0.05) is 17.3 Å². The highest BCUT2D eigenvalue weighted by Crippen LogP contribution is 2.60. The molecule has 2 aromatic heterocycles. The third kappa shape index (κ3) is 4.99. The van der Waals surface area contributed by atoms with Crippen molar-refractivity contribution in [1.29, 1.82) is 0 Å². The lowest BCUT2D eigenvalue weighted by Crippen LogP contribution is -2.62. The average Bonchev–Trinajstić information content (AvgIpc) is 3.86. The maximum atomic E-state index is 14.0. The van der Waals surface area contributed by atoms with Crippen LogP contribution in [0.5, 0.6) is 0 Å². The second kappa shape index (κ2) is 10.9. The Kier molecular flexibility index (Phi) is 6.83. The number of benzene rings is 1. The average molecular weight is 659 g/mol. The van der Waals surface area contributed by atoms with Gasteiger partial charge in [0.25, 0.3) is 0 Å². The van der Waals surface area contributed by atoms with Crippen molar-refractivity contribution in [1.82, 2.24) is 24.7 Å². The molecular weight excluding hydrogens is 616 g/mol. The first-order valence-corrected chi connectivity index (χ1v) is 18.7. The predicted octanol–water partition coefficient (Wildman–Crippen LogP) is 4.20. The second-order valence-corrected chi connectivity index (χ2v) is 16.9. The Labute approximate surface area is 275 Å². The first kappa shape index (κ1) is 29.4. The van der Waals surface area contributed by atoms with Gasteiger partial charge < -0.3 is 19.6 Å². The number of carbonyl (C=O) groups is 1. The van der Waals surface area contributed by atoms with Gasteiger partial charge in [0.15, 0.2) is 5.82 Å². The van der Waals surface area contributed by atoms with Crippen molar-refractivity contribution in [2.75, 3.05) is 54.0 Å². The summed E-state index contributed by atoms with van der Waals surface area (Å²) in [4.78, 5) is 29.8. The Morgan fingerprint density at radius 3 is 2.34 bits per heavy atom. The summed E-state index contributed by atoms with van der Waals surface area (Å²) in [6.07, 6.45) is 8.88. The highest BCUT2D eigenvalue weighted by atomic mass is 32.2. The number of piperazine rings is 1. The molecule has 6 fully saturated rings. The number of aryl methyl sites for hydroxylation is 1. The molecule has 5 aliphatic carbocycles. The van der Waals surface area contributed by atoms with E-state index in [0.29, 0.717) is 62.8 Å². The predicted molar refractivity (Wildman–Crippen MR) is 177 cm³/mol. The van der Waals surface area contributed by atoms with E-state index in [1.165, 1.54) is 0 Å². The van der Waals surface area contributed by atoms with E-state index in [1.807, 2.05) is 42.3 Å². The molecule has 248 valence electrons. The van der Waals surface area contributed by atoms with Crippen LogP contribution in [0.25, 0.3) is 0 Å². The highest BCUT2D eigenvalue weighted by Gasteiger charge is 2.58. The Balaban J connectivity index is 0.878. The number of hydrogen-bond donors (Lipinski definition) is 1. The molecule has 1 N–H and O–H groups in total. The third-order valence-corrected chi connectivity index (χ3v) is 14.1. The number of anilines is 4. The van der Waals surface area contributed by atoms with E-state index in [2.05, 4.69) is 37.4 Å². The summed E-state index contributed by atoms with van der Waals surface area (Å²) < 4.78 is 32.7. The number of fused-ring (bicyclic) bond motifs is 1. The maximum absolute atomic E-state index is 14.0. The summed E-state index contributed by atoms with van der Waals surface area (Å²) in [5, 5.41) is 7.44. The molecule has 12 nitrogen and oxygen atoms in total. The summed E-state index contributed by atoms with van der Waals surface area (Å²) in [7, 11) is -3.14. The Bertz CT molecular complexity index is 1770. The van der Waals surface area contributed by atoms with Crippen LogP contribution in [0.2, 0.25) is 0 Å². The molecule has 47 heavy (non-hydrogen) atoms. The van der Waals surface area contributed by atoms with Crippen molar-refractivity contribution >= 4 is 38.9 Å². The van der Waals surface area contributed by atoms with Gasteiger partial charge in [-0.15, -0.1) is 0 Å². The van der Waals surface area contributed by atoms with E-state index in [0.717, 1.165) is 73.7 Å². The number of sulfonamides is 1. The lowest BCUT2D eigenvalue weighted by Gasteiger charge is -2.58. The van der Waals surface area contributed by atoms with Gasteiger partial charge in [-0.3, -0.25) is 4.90 Å². The normalized spacial score (nSPS) is 30.4. The fourth-order valence-electron chi connectivity index (χ4n) is 9.57. The van der Waals surface area contributed by atoms with Crippen LogP contribution in [0.15, 0.2) is 47.1 Å². The fourth-order valence-corrected chi connectivity index (χ4v) is 11.4. The molecule has 4 bridgehead atoms. The van der Waals surface area contributed by atoms with Gasteiger partial charge in [-0.25, -0.2) is 18.2 Å². The van der Waals surface area contributed by atoms with Crippen LogP contribution in [0.1, 0.15) is 56.7 Å². The standard InChI is InChI=1S/C34H42N8O4S/c1-22-36-32(46-38-22)34-18-23-16-24(19-34)31(25(17-23)20-34)37-33(43)42-15-14-41(28-4-2-3-5-29(28)42)30-9-6-26(21-35-30)39-10-12-40(13-11-39)47(44,45)27-7-8-27/h2-6,9,21,23-25,27,31H,7-8,10-20H2,1H3,(H,37,43)/t23?,24?,25?,31-,34+. The molecule has 0 spiro atoms. The van der Waals surface area contributed by atoms with E-state index in [4.69, 9.17) is 9.51 Å².